The van der Waals surface area contributed by atoms with Crippen molar-refractivity contribution in [3.8, 4) is 0 Å². The minimum absolute atomic E-state index is 0.00922. The highest BCUT2D eigenvalue weighted by molar-refractivity contribution is 5.48. The molecule has 1 aliphatic heterocycles. The third-order valence-electron chi connectivity index (χ3n) is 2.36. The Labute approximate surface area is 96.2 Å². The summed E-state index contributed by atoms with van der Waals surface area (Å²) in [5.41, 5.74) is 4.26. The highest BCUT2D eigenvalue weighted by Crippen LogP contribution is 2.22. The maximum absolute atomic E-state index is 5.63. The van der Waals surface area contributed by atoms with Crippen LogP contribution in [0.5, 0.6) is 0 Å². The maximum Gasteiger partial charge on any atom is 0.163 e. The molecule has 0 spiro atoms. The third kappa shape index (κ3) is 3.07. The van der Waals surface area contributed by atoms with E-state index in [1.54, 1.807) is 0 Å². The van der Waals surface area contributed by atoms with Crippen LogP contribution in [-0.2, 0) is 9.47 Å². The first-order valence-electron chi connectivity index (χ1n) is 5.45. The summed E-state index contributed by atoms with van der Waals surface area (Å²) in [4.78, 5) is 0. The van der Waals surface area contributed by atoms with E-state index in [1.165, 1.54) is 0 Å². The molecule has 1 fully saturated rings. The van der Waals surface area contributed by atoms with Crippen LogP contribution in [0.4, 0.5) is 0 Å². The van der Waals surface area contributed by atoms with E-state index in [9.17, 15) is 0 Å². The van der Waals surface area contributed by atoms with Gasteiger partial charge in [-0.1, -0.05) is 30.3 Å². The average Bonchev–Trinajstić information content (AvgIpc) is 2.60. The molecule has 0 bridgehead atoms. The first-order valence-corrected chi connectivity index (χ1v) is 5.45. The van der Waals surface area contributed by atoms with Crippen molar-refractivity contribution in [2.75, 3.05) is 6.61 Å². The van der Waals surface area contributed by atoms with Crippen molar-refractivity contribution in [1.82, 2.24) is 0 Å². The molecule has 1 saturated heterocycles. The summed E-state index contributed by atoms with van der Waals surface area (Å²) in [7, 11) is 0. The van der Waals surface area contributed by atoms with Crippen LogP contribution >= 0.6 is 0 Å². The smallest absolute Gasteiger partial charge is 0.163 e. The van der Waals surface area contributed by atoms with Gasteiger partial charge in [0.1, 0.15) is 6.10 Å². The fourth-order valence-electron chi connectivity index (χ4n) is 1.60. The van der Waals surface area contributed by atoms with Crippen molar-refractivity contribution in [1.29, 1.82) is 0 Å². The molecule has 84 valence electrons. The van der Waals surface area contributed by atoms with Gasteiger partial charge >= 0.3 is 0 Å². The molecule has 16 heavy (non-hydrogen) atoms. The van der Waals surface area contributed by atoms with E-state index in [2.05, 4.69) is 5.73 Å². The lowest BCUT2D eigenvalue weighted by molar-refractivity contribution is -0.133. The maximum atomic E-state index is 5.63. The summed E-state index contributed by atoms with van der Waals surface area (Å²) in [5.74, 6) is -0.463. The lowest BCUT2D eigenvalue weighted by Crippen LogP contribution is -2.20. The normalized spacial score (nSPS) is 22.5. The van der Waals surface area contributed by atoms with Crippen LogP contribution in [-0.4, -0.2) is 18.5 Å². The van der Waals surface area contributed by atoms with Gasteiger partial charge in [-0.25, -0.2) is 0 Å². The SMILES string of the molecule is CC1(C)OC[C@H](C=C=Cc2ccccc2)O1. The number of hydrogen-bond donors (Lipinski definition) is 0. The Morgan fingerprint density at radius 3 is 2.69 bits per heavy atom. The first-order chi connectivity index (χ1) is 7.66. The van der Waals surface area contributed by atoms with Gasteiger partial charge in [0.25, 0.3) is 0 Å². The summed E-state index contributed by atoms with van der Waals surface area (Å²) in [6, 6.07) is 10.1. The molecule has 0 unspecified atom stereocenters. The minimum Gasteiger partial charge on any atom is -0.347 e. The molecule has 0 aromatic heterocycles. The zero-order valence-corrected chi connectivity index (χ0v) is 9.64. The highest BCUT2D eigenvalue weighted by atomic mass is 16.7. The Bertz CT molecular complexity index is 400. The lowest BCUT2D eigenvalue weighted by Gasteiger charge is -2.15. The van der Waals surface area contributed by atoms with E-state index in [0.717, 1.165) is 5.56 Å². The predicted octanol–water partition coefficient (Wildman–Crippen LogP) is 3.01. The lowest BCUT2D eigenvalue weighted by atomic mass is 10.2. The van der Waals surface area contributed by atoms with Crippen LogP contribution in [0.15, 0.2) is 42.1 Å². The van der Waals surface area contributed by atoms with Gasteiger partial charge in [0.05, 0.1) is 6.61 Å². The molecule has 1 aromatic rings. The molecule has 0 aliphatic carbocycles. The Morgan fingerprint density at radius 1 is 1.31 bits per heavy atom. The fourth-order valence-corrected chi connectivity index (χ4v) is 1.60. The number of benzene rings is 1. The Balaban J connectivity index is 1.98. The Hall–Kier alpha value is -1.34. The van der Waals surface area contributed by atoms with Gasteiger partial charge < -0.3 is 9.47 Å². The van der Waals surface area contributed by atoms with Crippen molar-refractivity contribution in [3.63, 3.8) is 0 Å². The van der Waals surface area contributed by atoms with Gasteiger partial charge in [0, 0.05) is 0 Å². The minimum atomic E-state index is -0.463. The quantitative estimate of drug-likeness (QED) is 0.707. The number of rotatable bonds is 2. The second-order valence-corrected chi connectivity index (χ2v) is 4.26. The molecule has 2 heteroatoms. The Kier molecular flexibility index (Phi) is 3.25. The second-order valence-electron chi connectivity index (χ2n) is 4.26. The van der Waals surface area contributed by atoms with E-state index in [-0.39, 0.29) is 6.10 Å². The predicted molar refractivity (Wildman–Crippen MR) is 63.9 cm³/mol. The van der Waals surface area contributed by atoms with Gasteiger partial charge in [-0.3, -0.25) is 0 Å². The van der Waals surface area contributed by atoms with Crippen LogP contribution in [0, 0.1) is 0 Å². The van der Waals surface area contributed by atoms with Gasteiger partial charge in [-0.2, -0.15) is 0 Å². The Morgan fingerprint density at radius 2 is 2.06 bits per heavy atom. The summed E-state index contributed by atoms with van der Waals surface area (Å²) in [5, 5.41) is 0. The summed E-state index contributed by atoms with van der Waals surface area (Å²) in [6.45, 7) is 4.44. The van der Waals surface area contributed by atoms with E-state index < -0.39 is 5.79 Å². The van der Waals surface area contributed by atoms with E-state index in [1.807, 2.05) is 56.3 Å². The molecule has 1 aliphatic rings. The number of ether oxygens (including phenoxy) is 2. The topological polar surface area (TPSA) is 18.5 Å². The first kappa shape index (κ1) is 11.2. The van der Waals surface area contributed by atoms with Crippen LogP contribution in [0.25, 0.3) is 6.08 Å². The standard InChI is InChI=1S/C14H16O2/c1-14(2)15-11-13(16-14)10-6-9-12-7-4-3-5-8-12/h3-5,7-10,13H,11H2,1-2H3/t6?,13-/m0/s1. The van der Waals surface area contributed by atoms with Gasteiger partial charge in [0.2, 0.25) is 0 Å². The van der Waals surface area contributed by atoms with Crippen molar-refractivity contribution >= 4 is 6.08 Å². The zero-order chi connectivity index (χ0) is 11.4. The van der Waals surface area contributed by atoms with Crippen LogP contribution in [0.3, 0.4) is 0 Å². The molecule has 0 saturated carbocycles. The van der Waals surface area contributed by atoms with Gasteiger partial charge in [0.15, 0.2) is 5.79 Å². The second kappa shape index (κ2) is 4.67. The number of hydrogen-bond acceptors (Lipinski definition) is 2. The monoisotopic (exact) mass is 216 g/mol. The van der Waals surface area contributed by atoms with E-state index in [4.69, 9.17) is 9.47 Å². The molecule has 0 radical (unpaired) electrons. The van der Waals surface area contributed by atoms with Gasteiger partial charge in [-0.15, -0.1) is 5.73 Å². The van der Waals surface area contributed by atoms with Gasteiger partial charge in [-0.05, 0) is 31.6 Å². The van der Waals surface area contributed by atoms with E-state index >= 15 is 0 Å². The molecule has 0 N–H and O–H groups in total. The molecular weight excluding hydrogens is 200 g/mol. The highest BCUT2D eigenvalue weighted by Gasteiger charge is 2.30. The largest absolute Gasteiger partial charge is 0.347 e. The average molecular weight is 216 g/mol. The molecule has 1 atom stereocenters. The fraction of sp³-hybridized carbons (Fsp3) is 0.357. The third-order valence-corrected chi connectivity index (χ3v) is 2.36. The summed E-state index contributed by atoms with van der Waals surface area (Å²) >= 11 is 0. The summed E-state index contributed by atoms with van der Waals surface area (Å²) in [6.07, 6.45) is 3.85. The van der Waals surface area contributed by atoms with E-state index in [0.29, 0.717) is 6.61 Å². The van der Waals surface area contributed by atoms with Crippen molar-refractivity contribution < 1.29 is 9.47 Å². The zero-order valence-electron chi connectivity index (χ0n) is 9.64. The van der Waals surface area contributed by atoms with Crippen molar-refractivity contribution in [2.24, 2.45) is 0 Å². The molecule has 0 amide bonds. The molecule has 2 nitrogen and oxygen atoms in total. The van der Waals surface area contributed by atoms with Crippen LogP contribution in [0.1, 0.15) is 19.4 Å². The van der Waals surface area contributed by atoms with Crippen LogP contribution in [0.2, 0.25) is 0 Å². The molecule has 2 rings (SSSR count). The molecule has 1 heterocycles. The summed E-state index contributed by atoms with van der Waals surface area (Å²) < 4.78 is 11.1. The van der Waals surface area contributed by atoms with Crippen molar-refractivity contribution in [2.45, 2.75) is 25.7 Å². The molecule has 1 aromatic carbocycles. The molecular formula is C14H16O2. The van der Waals surface area contributed by atoms with Crippen molar-refractivity contribution in [3.05, 3.63) is 47.7 Å². The van der Waals surface area contributed by atoms with Crippen LogP contribution < -0.4 is 0 Å².